The van der Waals surface area contributed by atoms with E-state index < -0.39 is 0 Å². The van der Waals surface area contributed by atoms with Gasteiger partial charge in [-0.3, -0.25) is 4.99 Å². The van der Waals surface area contributed by atoms with E-state index >= 15 is 0 Å². The van der Waals surface area contributed by atoms with Crippen LogP contribution in [0.25, 0.3) is 22.6 Å². The predicted molar refractivity (Wildman–Crippen MR) is 134 cm³/mol. The number of nitrogens with zero attached hydrogens (tertiary/aromatic N) is 2. The highest BCUT2D eigenvalue weighted by molar-refractivity contribution is 14.1. The number of hydrogen-bond donors (Lipinski definition) is 1. The molecule has 1 N–H and O–H groups in total. The molecule has 0 aliphatic carbocycles. The molecule has 1 aromatic heterocycles. The summed E-state index contributed by atoms with van der Waals surface area (Å²) in [5.41, 5.74) is 3.17. The van der Waals surface area contributed by atoms with Crippen molar-refractivity contribution < 1.29 is 14.3 Å². The van der Waals surface area contributed by atoms with Crippen LogP contribution < -0.4 is 4.74 Å². The van der Waals surface area contributed by atoms with Crippen molar-refractivity contribution in [2.45, 2.75) is 0 Å². The molecule has 3 aromatic carbocycles. The van der Waals surface area contributed by atoms with E-state index in [1.807, 2.05) is 24.3 Å². The minimum Gasteiger partial charge on any atom is -0.504 e. The Hall–Kier alpha value is -1.62. The molecule has 9 heteroatoms. The van der Waals surface area contributed by atoms with Gasteiger partial charge in [-0.25, -0.2) is 4.98 Å². The van der Waals surface area contributed by atoms with Gasteiger partial charge >= 0.3 is 0 Å². The normalized spacial score (nSPS) is 11.5. The zero-order valence-corrected chi connectivity index (χ0v) is 21.4. The van der Waals surface area contributed by atoms with Crippen LogP contribution in [0, 0.1) is 3.57 Å². The topological polar surface area (TPSA) is 67.9 Å². The monoisotopic (exact) mass is 660 g/mol. The second-order valence-electron chi connectivity index (χ2n) is 6.19. The maximum absolute atomic E-state index is 10.4. The highest BCUT2D eigenvalue weighted by Crippen LogP contribution is 2.40. The molecule has 5 nitrogen and oxygen atoms in total. The van der Waals surface area contributed by atoms with Crippen molar-refractivity contribution in [3.05, 3.63) is 65.6 Å². The van der Waals surface area contributed by atoms with Gasteiger partial charge in [0.05, 0.1) is 28.9 Å². The summed E-state index contributed by atoms with van der Waals surface area (Å²) in [7, 11) is 1.49. The zero-order chi connectivity index (χ0) is 21.4. The molecule has 0 amide bonds. The molecule has 0 spiro atoms. The lowest BCUT2D eigenvalue weighted by atomic mass is 10.2. The maximum atomic E-state index is 10.4. The lowest BCUT2D eigenvalue weighted by Gasteiger charge is -2.09. The standard InChI is InChI=1S/C21H12Br2ClIN2O3/c1-29-18-8-14(22)19(23)13(20(18)28)9-26-11-3-5-17-16(7-11)27-21(30-17)12-6-10(25)2-4-15(12)24/h2-9,28H,1H3. The quantitative estimate of drug-likeness (QED) is 0.179. The molecule has 0 atom stereocenters. The van der Waals surface area contributed by atoms with Gasteiger partial charge in [-0.15, -0.1) is 0 Å². The van der Waals surface area contributed by atoms with Gasteiger partial charge < -0.3 is 14.3 Å². The highest BCUT2D eigenvalue weighted by Gasteiger charge is 2.15. The lowest BCUT2D eigenvalue weighted by molar-refractivity contribution is 0.372. The number of phenolic OH excluding ortho intramolecular Hbond substituents is 1. The summed E-state index contributed by atoms with van der Waals surface area (Å²) in [6, 6.07) is 12.8. The average molecular weight is 663 g/mol. The zero-order valence-electron chi connectivity index (χ0n) is 15.3. The van der Waals surface area contributed by atoms with Gasteiger partial charge in [0.2, 0.25) is 5.89 Å². The largest absolute Gasteiger partial charge is 0.504 e. The number of oxazole rings is 1. The second-order valence-corrected chi connectivity index (χ2v) is 9.49. The summed E-state index contributed by atoms with van der Waals surface area (Å²) in [6.45, 7) is 0. The molecule has 0 radical (unpaired) electrons. The van der Waals surface area contributed by atoms with E-state index in [1.54, 1.807) is 24.4 Å². The van der Waals surface area contributed by atoms with Crippen molar-refractivity contribution in [2.75, 3.05) is 7.11 Å². The molecule has 0 aliphatic heterocycles. The van der Waals surface area contributed by atoms with Gasteiger partial charge in [0.25, 0.3) is 0 Å². The van der Waals surface area contributed by atoms with E-state index in [9.17, 15) is 5.11 Å². The Labute approximate surface area is 207 Å². The lowest BCUT2D eigenvalue weighted by Crippen LogP contribution is -1.91. The Kier molecular flexibility index (Phi) is 6.38. The van der Waals surface area contributed by atoms with E-state index in [-0.39, 0.29) is 5.75 Å². The molecule has 0 saturated heterocycles. The SMILES string of the molecule is COc1cc(Br)c(Br)c(C=Nc2ccc3oc(-c4cc(I)ccc4Cl)nc3c2)c1O. The number of fused-ring (bicyclic) bond motifs is 1. The number of phenols is 1. The first kappa shape index (κ1) is 21.6. The molecule has 1 heterocycles. The van der Waals surface area contributed by atoms with E-state index in [0.29, 0.717) is 43.5 Å². The first-order valence-electron chi connectivity index (χ1n) is 8.52. The van der Waals surface area contributed by atoms with E-state index in [2.05, 4.69) is 64.4 Å². The Morgan fingerprint density at radius 1 is 1.20 bits per heavy atom. The molecule has 152 valence electrons. The number of aliphatic imine (C=N–C) groups is 1. The number of ether oxygens (including phenoxy) is 1. The van der Waals surface area contributed by atoms with Gasteiger partial charge in [-0.1, -0.05) is 11.6 Å². The Bertz CT molecular complexity index is 1310. The first-order valence-corrected chi connectivity index (χ1v) is 11.6. The van der Waals surface area contributed by atoms with Crippen LogP contribution in [-0.4, -0.2) is 23.4 Å². The van der Waals surface area contributed by atoms with Crippen LogP contribution in [0.5, 0.6) is 11.5 Å². The third kappa shape index (κ3) is 4.23. The van der Waals surface area contributed by atoms with Crippen molar-refractivity contribution in [1.82, 2.24) is 4.98 Å². The predicted octanol–water partition coefficient (Wildman–Crippen LogP) is 7.74. The molecule has 4 aromatic rings. The summed E-state index contributed by atoms with van der Waals surface area (Å²) < 4.78 is 13.5. The number of aromatic nitrogens is 1. The molecule has 30 heavy (non-hydrogen) atoms. The van der Waals surface area contributed by atoms with Crippen LogP contribution in [0.2, 0.25) is 5.02 Å². The molecule has 0 fully saturated rings. The van der Waals surface area contributed by atoms with E-state index in [0.717, 1.165) is 13.6 Å². The van der Waals surface area contributed by atoms with Crippen molar-refractivity contribution in [3.63, 3.8) is 0 Å². The van der Waals surface area contributed by atoms with Gasteiger partial charge in [0, 0.05) is 18.7 Å². The van der Waals surface area contributed by atoms with Crippen LogP contribution in [0.4, 0.5) is 5.69 Å². The van der Waals surface area contributed by atoms with Gasteiger partial charge in [-0.05, 0) is 96.9 Å². The van der Waals surface area contributed by atoms with Gasteiger partial charge in [-0.2, -0.15) is 0 Å². The van der Waals surface area contributed by atoms with Gasteiger partial charge in [0.1, 0.15) is 5.52 Å². The number of methoxy groups -OCH3 is 1. The van der Waals surface area contributed by atoms with Crippen molar-refractivity contribution in [1.29, 1.82) is 0 Å². The third-order valence-corrected chi connectivity index (χ3v) is 7.30. The van der Waals surface area contributed by atoms with Crippen LogP contribution in [0.15, 0.2) is 60.8 Å². The van der Waals surface area contributed by atoms with Crippen LogP contribution in [0.3, 0.4) is 0 Å². The minimum absolute atomic E-state index is 0.00514. The number of hydrogen-bond acceptors (Lipinski definition) is 5. The molecular formula is C21H12Br2ClIN2O3. The van der Waals surface area contributed by atoms with E-state index in [4.69, 9.17) is 20.8 Å². The molecular weight excluding hydrogens is 650 g/mol. The van der Waals surface area contributed by atoms with Crippen molar-refractivity contribution in [3.8, 4) is 23.0 Å². The summed E-state index contributed by atoms with van der Waals surface area (Å²) in [4.78, 5) is 9.04. The molecule has 0 aliphatic rings. The van der Waals surface area contributed by atoms with Crippen LogP contribution >= 0.6 is 66.1 Å². The summed E-state index contributed by atoms with van der Waals surface area (Å²) in [5, 5.41) is 11.0. The molecule has 4 rings (SSSR count). The fraction of sp³-hybridized carbons (Fsp3) is 0.0476. The van der Waals surface area contributed by atoms with E-state index in [1.165, 1.54) is 7.11 Å². The number of aromatic hydroxyl groups is 1. The fourth-order valence-electron chi connectivity index (χ4n) is 2.80. The molecule has 0 saturated carbocycles. The van der Waals surface area contributed by atoms with Crippen LogP contribution in [-0.2, 0) is 0 Å². The Balaban J connectivity index is 1.72. The third-order valence-electron chi connectivity index (χ3n) is 4.29. The second kappa shape index (κ2) is 8.86. The number of halogens is 4. The molecule has 0 bridgehead atoms. The molecule has 0 unspecified atom stereocenters. The Morgan fingerprint density at radius 2 is 2.00 bits per heavy atom. The highest BCUT2D eigenvalue weighted by atomic mass is 127. The van der Waals surface area contributed by atoms with Crippen molar-refractivity contribution >= 4 is 89.1 Å². The number of benzene rings is 3. The Morgan fingerprint density at radius 3 is 2.77 bits per heavy atom. The van der Waals surface area contributed by atoms with Crippen LogP contribution in [0.1, 0.15) is 5.56 Å². The van der Waals surface area contributed by atoms with Gasteiger partial charge in [0.15, 0.2) is 17.1 Å². The first-order chi connectivity index (χ1) is 14.4. The van der Waals surface area contributed by atoms with Crippen molar-refractivity contribution in [2.24, 2.45) is 4.99 Å². The average Bonchev–Trinajstić information content (AvgIpc) is 3.15. The maximum Gasteiger partial charge on any atom is 0.228 e. The fourth-order valence-corrected chi connectivity index (χ4v) is 4.31. The summed E-state index contributed by atoms with van der Waals surface area (Å²) >= 11 is 15.4. The number of rotatable bonds is 4. The smallest absolute Gasteiger partial charge is 0.228 e. The summed E-state index contributed by atoms with van der Waals surface area (Å²) in [6.07, 6.45) is 1.56. The minimum atomic E-state index is -0.00514. The summed E-state index contributed by atoms with van der Waals surface area (Å²) in [5.74, 6) is 0.790.